The van der Waals surface area contributed by atoms with Gasteiger partial charge in [-0.2, -0.15) is 4.98 Å². The zero-order valence-corrected chi connectivity index (χ0v) is 14.7. The molecule has 0 aliphatic heterocycles. The molecule has 3 aromatic rings. The molecule has 1 aromatic carbocycles. The predicted octanol–water partition coefficient (Wildman–Crippen LogP) is 3.74. The molecule has 0 aliphatic rings. The molecule has 0 unspecified atom stereocenters. The Balaban J connectivity index is 2.00. The average Bonchev–Trinajstić information content (AvgIpc) is 2.64. The Kier molecular flexibility index (Phi) is 5.28. The monoisotopic (exact) mass is 369 g/mol. The summed E-state index contributed by atoms with van der Waals surface area (Å²) in [5.41, 5.74) is 3.15. The first-order chi connectivity index (χ1) is 12.5. The van der Waals surface area contributed by atoms with E-state index in [9.17, 15) is 4.79 Å². The standard InChI is InChI=1S/C18H16ClN5O2/c1-11-3-2-4-13(19)17(11)23-15-9-14(12-5-7-20-8-6-12)22-18(24-15)21-10-16(25)26/h2-9H,10H2,1H3,(H,25,26)(H2,21,22,23,24). The number of nitrogens with one attached hydrogen (secondary N) is 2. The molecule has 0 amide bonds. The first-order valence-corrected chi connectivity index (χ1v) is 8.18. The van der Waals surface area contributed by atoms with E-state index in [1.54, 1.807) is 24.5 Å². The first-order valence-electron chi connectivity index (χ1n) is 7.80. The Hall–Kier alpha value is -3.19. The molecule has 0 atom stereocenters. The van der Waals surface area contributed by atoms with Gasteiger partial charge in [-0.1, -0.05) is 23.7 Å². The third-order valence-electron chi connectivity index (χ3n) is 3.57. The fourth-order valence-corrected chi connectivity index (χ4v) is 2.60. The number of benzene rings is 1. The number of carbonyl (C=O) groups is 1. The van der Waals surface area contributed by atoms with Gasteiger partial charge in [0.05, 0.1) is 16.4 Å². The van der Waals surface area contributed by atoms with Gasteiger partial charge >= 0.3 is 5.97 Å². The van der Waals surface area contributed by atoms with Crippen LogP contribution >= 0.6 is 11.6 Å². The lowest BCUT2D eigenvalue weighted by atomic mass is 10.2. The largest absolute Gasteiger partial charge is 0.480 e. The van der Waals surface area contributed by atoms with Crippen molar-refractivity contribution < 1.29 is 9.90 Å². The van der Waals surface area contributed by atoms with Gasteiger partial charge < -0.3 is 15.7 Å². The minimum atomic E-state index is -1.00. The van der Waals surface area contributed by atoms with Crippen molar-refractivity contribution in [3.05, 3.63) is 59.4 Å². The average molecular weight is 370 g/mol. The number of aryl methyl sites for hydroxylation is 1. The maximum Gasteiger partial charge on any atom is 0.322 e. The van der Waals surface area contributed by atoms with Crippen LogP contribution in [0.15, 0.2) is 48.8 Å². The number of carboxylic acid groups (broad SMARTS) is 1. The fraction of sp³-hybridized carbons (Fsp3) is 0.111. The third-order valence-corrected chi connectivity index (χ3v) is 3.89. The van der Waals surface area contributed by atoms with Gasteiger partial charge in [-0.05, 0) is 30.7 Å². The van der Waals surface area contributed by atoms with Crippen LogP contribution in [0.5, 0.6) is 0 Å². The summed E-state index contributed by atoms with van der Waals surface area (Å²) in [6.45, 7) is 1.65. The maximum atomic E-state index is 10.8. The molecule has 3 N–H and O–H groups in total. The molecule has 3 rings (SSSR count). The van der Waals surface area contributed by atoms with E-state index in [4.69, 9.17) is 16.7 Å². The van der Waals surface area contributed by atoms with Crippen molar-refractivity contribution in [2.24, 2.45) is 0 Å². The summed E-state index contributed by atoms with van der Waals surface area (Å²) in [7, 11) is 0. The SMILES string of the molecule is Cc1cccc(Cl)c1Nc1cc(-c2ccncc2)nc(NCC(=O)O)n1. The van der Waals surface area contributed by atoms with E-state index >= 15 is 0 Å². The van der Waals surface area contributed by atoms with Gasteiger partial charge in [-0.25, -0.2) is 4.98 Å². The molecular weight excluding hydrogens is 354 g/mol. The van der Waals surface area contributed by atoms with Gasteiger partial charge in [0.2, 0.25) is 5.95 Å². The number of hydrogen-bond acceptors (Lipinski definition) is 6. The number of anilines is 3. The number of pyridine rings is 1. The van der Waals surface area contributed by atoms with Crippen LogP contribution in [-0.2, 0) is 4.79 Å². The van der Waals surface area contributed by atoms with Crippen LogP contribution in [0, 0.1) is 6.92 Å². The van der Waals surface area contributed by atoms with E-state index in [1.165, 1.54) is 0 Å². The van der Waals surface area contributed by atoms with Crippen molar-refractivity contribution in [1.29, 1.82) is 0 Å². The summed E-state index contributed by atoms with van der Waals surface area (Å²) in [4.78, 5) is 23.5. The van der Waals surface area contributed by atoms with Gasteiger partial charge in [0.15, 0.2) is 0 Å². The molecule has 0 fully saturated rings. The topological polar surface area (TPSA) is 100 Å². The highest BCUT2D eigenvalue weighted by molar-refractivity contribution is 6.33. The smallest absolute Gasteiger partial charge is 0.322 e. The second-order valence-corrected chi connectivity index (χ2v) is 5.91. The molecule has 2 aromatic heterocycles. The Morgan fingerprint density at radius 2 is 1.96 bits per heavy atom. The van der Waals surface area contributed by atoms with E-state index in [0.29, 0.717) is 16.5 Å². The first kappa shape index (κ1) is 17.6. The van der Waals surface area contributed by atoms with Gasteiger partial charge in [0, 0.05) is 24.0 Å². The molecule has 0 spiro atoms. The van der Waals surface area contributed by atoms with Crippen molar-refractivity contribution in [3.8, 4) is 11.3 Å². The van der Waals surface area contributed by atoms with Crippen LogP contribution in [0.2, 0.25) is 5.02 Å². The highest BCUT2D eigenvalue weighted by Crippen LogP contribution is 2.29. The molecule has 2 heterocycles. The summed E-state index contributed by atoms with van der Waals surface area (Å²) >= 11 is 6.27. The molecule has 0 bridgehead atoms. The van der Waals surface area contributed by atoms with Crippen LogP contribution < -0.4 is 10.6 Å². The quantitative estimate of drug-likeness (QED) is 0.608. The van der Waals surface area contributed by atoms with Crippen LogP contribution in [-0.4, -0.2) is 32.6 Å². The maximum absolute atomic E-state index is 10.8. The Bertz CT molecular complexity index is 914. The Morgan fingerprint density at radius 1 is 1.19 bits per heavy atom. The van der Waals surface area contributed by atoms with Crippen molar-refractivity contribution >= 4 is 35.0 Å². The lowest BCUT2D eigenvalue weighted by Gasteiger charge is -2.13. The van der Waals surface area contributed by atoms with E-state index in [-0.39, 0.29) is 12.5 Å². The summed E-state index contributed by atoms with van der Waals surface area (Å²) in [5, 5.41) is 15.3. The van der Waals surface area contributed by atoms with Crippen molar-refractivity contribution in [2.75, 3.05) is 17.2 Å². The van der Waals surface area contributed by atoms with E-state index in [1.807, 2.05) is 31.2 Å². The number of aliphatic carboxylic acids is 1. The number of nitrogens with zero attached hydrogens (tertiary/aromatic N) is 3. The molecule has 26 heavy (non-hydrogen) atoms. The molecule has 0 saturated carbocycles. The zero-order chi connectivity index (χ0) is 18.5. The fourth-order valence-electron chi connectivity index (χ4n) is 2.33. The molecular formula is C18H16ClN5O2. The van der Waals surface area contributed by atoms with E-state index < -0.39 is 5.97 Å². The van der Waals surface area contributed by atoms with Gasteiger partial charge in [-0.15, -0.1) is 0 Å². The highest BCUT2D eigenvalue weighted by Gasteiger charge is 2.10. The van der Waals surface area contributed by atoms with Crippen molar-refractivity contribution in [3.63, 3.8) is 0 Å². The minimum Gasteiger partial charge on any atom is -0.480 e. The number of aromatic nitrogens is 3. The van der Waals surface area contributed by atoms with Gasteiger partial charge in [0.1, 0.15) is 12.4 Å². The summed E-state index contributed by atoms with van der Waals surface area (Å²) < 4.78 is 0. The molecule has 7 nitrogen and oxygen atoms in total. The van der Waals surface area contributed by atoms with Crippen LogP contribution in [0.25, 0.3) is 11.3 Å². The molecule has 132 valence electrons. The Labute approximate surface area is 155 Å². The summed E-state index contributed by atoms with van der Waals surface area (Å²) in [5.74, 6) is -0.302. The molecule has 0 aliphatic carbocycles. The van der Waals surface area contributed by atoms with Gasteiger partial charge in [0.25, 0.3) is 0 Å². The van der Waals surface area contributed by atoms with E-state index in [2.05, 4.69) is 25.6 Å². The zero-order valence-electron chi connectivity index (χ0n) is 13.9. The predicted molar refractivity (Wildman–Crippen MR) is 101 cm³/mol. The lowest BCUT2D eigenvalue weighted by Crippen LogP contribution is -2.15. The molecule has 0 radical (unpaired) electrons. The van der Waals surface area contributed by atoms with Gasteiger partial charge in [-0.3, -0.25) is 9.78 Å². The lowest BCUT2D eigenvalue weighted by molar-refractivity contribution is -0.134. The van der Waals surface area contributed by atoms with Crippen molar-refractivity contribution in [2.45, 2.75) is 6.92 Å². The van der Waals surface area contributed by atoms with Crippen LogP contribution in [0.3, 0.4) is 0 Å². The summed E-state index contributed by atoms with van der Waals surface area (Å²) in [6.07, 6.45) is 3.32. The van der Waals surface area contributed by atoms with Crippen molar-refractivity contribution in [1.82, 2.24) is 15.0 Å². The Morgan fingerprint density at radius 3 is 2.65 bits per heavy atom. The van der Waals surface area contributed by atoms with E-state index in [0.717, 1.165) is 16.8 Å². The molecule has 8 heteroatoms. The normalized spacial score (nSPS) is 10.4. The number of hydrogen-bond donors (Lipinski definition) is 3. The number of carboxylic acids is 1. The minimum absolute atomic E-state index is 0.203. The third kappa shape index (κ3) is 4.25. The van der Waals surface area contributed by atoms with Crippen LogP contribution in [0.4, 0.5) is 17.5 Å². The number of halogens is 1. The second kappa shape index (κ2) is 7.79. The van der Waals surface area contributed by atoms with Crippen LogP contribution in [0.1, 0.15) is 5.56 Å². The summed E-state index contributed by atoms with van der Waals surface area (Å²) in [6, 6.07) is 11.0. The highest BCUT2D eigenvalue weighted by atomic mass is 35.5. The number of para-hydroxylation sites is 1. The molecule has 0 saturated heterocycles. The second-order valence-electron chi connectivity index (χ2n) is 5.50. The number of rotatable bonds is 6.